The SMILES string of the molecule is CCOc1ccc(/C=C2/N=C(c3ccc(Cl)cc3)N(c3ccc(F)cc3)C2=O)cc1. The number of ether oxygens (including phenoxy) is 1. The van der Waals surface area contributed by atoms with Crippen molar-refractivity contribution in [3.8, 4) is 5.75 Å². The van der Waals surface area contributed by atoms with E-state index in [1.807, 2.05) is 31.2 Å². The molecule has 0 saturated heterocycles. The van der Waals surface area contributed by atoms with E-state index in [0.717, 1.165) is 16.9 Å². The van der Waals surface area contributed by atoms with Crippen LogP contribution in [-0.4, -0.2) is 18.3 Å². The van der Waals surface area contributed by atoms with Gasteiger partial charge in [0, 0.05) is 10.6 Å². The minimum atomic E-state index is -0.375. The zero-order chi connectivity index (χ0) is 21.1. The number of benzene rings is 3. The fraction of sp³-hybridized carbons (Fsp3) is 0.0833. The molecule has 0 N–H and O–H groups in total. The summed E-state index contributed by atoms with van der Waals surface area (Å²) in [7, 11) is 0. The van der Waals surface area contributed by atoms with Crippen LogP contribution in [0.3, 0.4) is 0 Å². The Bertz CT molecular complexity index is 1120. The normalized spacial score (nSPS) is 14.9. The van der Waals surface area contributed by atoms with E-state index in [9.17, 15) is 9.18 Å². The van der Waals surface area contributed by atoms with Gasteiger partial charge in [-0.1, -0.05) is 23.7 Å². The van der Waals surface area contributed by atoms with E-state index in [4.69, 9.17) is 16.3 Å². The number of halogens is 2. The van der Waals surface area contributed by atoms with Gasteiger partial charge in [0.25, 0.3) is 5.91 Å². The van der Waals surface area contributed by atoms with Gasteiger partial charge in [0.05, 0.1) is 12.3 Å². The molecule has 0 aliphatic carbocycles. The number of aliphatic imine (C=N–C) groups is 1. The zero-order valence-corrected chi connectivity index (χ0v) is 16.9. The summed E-state index contributed by atoms with van der Waals surface area (Å²) in [6, 6.07) is 20.2. The molecule has 4 rings (SSSR count). The van der Waals surface area contributed by atoms with Gasteiger partial charge in [-0.2, -0.15) is 0 Å². The second kappa shape index (κ2) is 8.51. The average molecular weight is 421 g/mol. The van der Waals surface area contributed by atoms with Gasteiger partial charge in [-0.3, -0.25) is 9.69 Å². The second-order valence-electron chi connectivity index (χ2n) is 6.59. The van der Waals surface area contributed by atoms with Gasteiger partial charge in [0.1, 0.15) is 23.1 Å². The van der Waals surface area contributed by atoms with Crippen LogP contribution in [0.5, 0.6) is 5.75 Å². The number of hydrogen-bond acceptors (Lipinski definition) is 3. The highest BCUT2D eigenvalue weighted by Gasteiger charge is 2.32. The van der Waals surface area contributed by atoms with Gasteiger partial charge >= 0.3 is 0 Å². The average Bonchev–Trinajstić information content (AvgIpc) is 3.07. The van der Waals surface area contributed by atoms with Gasteiger partial charge < -0.3 is 4.74 Å². The Balaban J connectivity index is 1.75. The molecule has 1 amide bonds. The largest absolute Gasteiger partial charge is 0.494 e. The predicted octanol–water partition coefficient (Wildman–Crippen LogP) is 5.71. The van der Waals surface area contributed by atoms with Crippen LogP contribution in [0.4, 0.5) is 10.1 Å². The lowest BCUT2D eigenvalue weighted by Gasteiger charge is -2.18. The maximum atomic E-state index is 13.4. The molecule has 0 bridgehead atoms. The molecule has 1 aliphatic rings. The highest BCUT2D eigenvalue weighted by molar-refractivity contribution is 6.34. The Labute approximate surface area is 178 Å². The van der Waals surface area contributed by atoms with Crippen molar-refractivity contribution in [1.29, 1.82) is 0 Å². The fourth-order valence-electron chi connectivity index (χ4n) is 3.12. The molecule has 6 heteroatoms. The number of rotatable bonds is 5. The minimum absolute atomic E-state index is 0.286. The number of anilines is 1. The lowest BCUT2D eigenvalue weighted by atomic mass is 10.1. The zero-order valence-electron chi connectivity index (χ0n) is 16.2. The first-order chi connectivity index (χ1) is 14.5. The number of amides is 1. The van der Waals surface area contributed by atoms with E-state index >= 15 is 0 Å². The first-order valence-corrected chi connectivity index (χ1v) is 9.82. The Hall–Kier alpha value is -3.44. The van der Waals surface area contributed by atoms with E-state index in [0.29, 0.717) is 23.2 Å². The Kier molecular flexibility index (Phi) is 5.63. The van der Waals surface area contributed by atoms with E-state index in [-0.39, 0.29) is 17.4 Å². The van der Waals surface area contributed by atoms with Crippen LogP contribution in [0.25, 0.3) is 6.08 Å². The van der Waals surface area contributed by atoms with Gasteiger partial charge in [0.2, 0.25) is 0 Å². The summed E-state index contributed by atoms with van der Waals surface area (Å²) in [6.07, 6.45) is 1.72. The lowest BCUT2D eigenvalue weighted by Crippen LogP contribution is -2.32. The monoisotopic (exact) mass is 420 g/mol. The first kappa shape index (κ1) is 19.9. The van der Waals surface area contributed by atoms with Gasteiger partial charge in [0.15, 0.2) is 0 Å². The Morgan fingerprint density at radius 1 is 1.00 bits per heavy atom. The molecule has 30 heavy (non-hydrogen) atoms. The molecule has 0 aromatic heterocycles. The summed E-state index contributed by atoms with van der Waals surface area (Å²) in [4.78, 5) is 19.3. The Morgan fingerprint density at radius 3 is 2.30 bits per heavy atom. The maximum Gasteiger partial charge on any atom is 0.282 e. The highest BCUT2D eigenvalue weighted by atomic mass is 35.5. The molecular weight excluding hydrogens is 403 g/mol. The van der Waals surface area contributed by atoms with Gasteiger partial charge in [-0.05, 0) is 79.2 Å². The standard InChI is InChI=1S/C24H18ClFN2O2/c1-2-30-21-13-3-16(4-14-21)15-22-24(29)28(20-11-9-19(26)10-12-20)23(27-22)17-5-7-18(25)8-6-17/h3-15H,2H2,1H3/b22-15+. The summed E-state index contributed by atoms with van der Waals surface area (Å²) in [5, 5.41) is 0.585. The third-order valence-corrected chi connectivity index (χ3v) is 4.79. The molecule has 150 valence electrons. The van der Waals surface area contributed by atoms with Gasteiger partial charge in [-0.15, -0.1) is 0 Å². The second-order valence-corrected chi connectivity index (χ2v) is 7.03. The van der Waals surface area contributed by atoms with Gasteiger partial charge in [-0.25, -0.2) is 9.38 Å². The summed E-state index contributed by atoms with van der Waals surface area (Å²) in [5.74, 6) is 0.553. The van der Waals surface area contributed by atoms with E-state index < -0.39 is 0 Å². The first-order valence-electron chi connectivity index (χ1n) is 9.44. The molecule has 0 atom stereocenters. The number of nitrogens with zero attached hydrogens (tertiary/aromatic N) is 2. The summed E-state index contributed by atoms with van der Waals surface area (Å²) < 4.78 is 18.9. The minimum Gasteiger partial charge on any atom is -0.494 e. The third-order valence-electron chi connectivity index (χ3n) is 4.54. The van der Waals surface area contributed by atoms with E-state index in [2.05, 4.69) is 4.99 Å². The molecule has 0 unspecified atom stereocenters. The smallest absolute Gasteiger partial charge is 0.282 e. The molecule has 1 heterocycles. The molecule has 0 fully saturated rings. The molecular formula is C24H18ClFN2O2. The summed E-state index contributed by atoms with van der Waals surface area (Å²) in [5.41, 5.74) is 2.37. The van der Waals surface area contributed by atoms with Crippen molar-refractivity contribution in [2.24, 2.45) is 4.99 Å². The van der Waals surface area contributed by atoms with E-state index in [1.165, 1.54) is 17.0 Å². The van der Waals surface area contributed by atoms with Crippen molar-refractivity contribution in [1.82, 2.24) is 0 Å². The molecule has 1 aliphatic heterocycles. The van der Waals surface area contributed by atoms with Crippen LogP contribution < -0.4 is 9.64 Å². The van der Waals surface area contributed by atoms with Crippen molar-refractivity contribution >= 4 is 35.1 Å². The molecule has 0 spiro atoms. The molecule has 0 saturated carbocycles. The number of carbonyl (C=O) groups is 1. The Morgan fingerprint density at radius 2 is 1.67 bits per heavy atom. The topological polar surface area (TPSA) is 41.9 Å². The van der Waals surface area contributed by atoms with Crippen molar-refractivity contribution in [3.05, 3.63) is 100 Å². The molecule has 3 aromatic rings. The van der Waals surface area contributed by atoms with Crippen LogP contribution in [-0.2, 0) is 4.79 Å². The van der Waals surface area contributed by atoms with Crippen molar-refractivity contribution in [3.63, 3.8) is 0 Å². The van der Waals surface area contributed by atoms with Crippen LogP contribution in [0.2, 0.25) is 5.02 Å². The number of carbonyl (C=O) groups excluding carboxylic acids is 1. The molecule has 3 aromatic carbocycles. The summed E-state index contributed by atoms with van der Waals surface area (Å²) >= 11 is 6.01. The number of amidine groups is 1. The van der Waals surface area contributed by atoms with Crippen LogP contribution >= 0.6 is 11.6 Å². The predicted molar refractivity (Wildman–Crippen MR) is 117 cm³/mol. The van der Waals surface area contributed by atoms with Crippen molar-refractivity contribution < 1.29 is 13.9 Å². The van der Waals surface area contributed by atoms with Crippen molar-refractivity contribution in [2.75, 3.05) is 11.5 Å². The van der Waals surface area contributed by atoms with Crippen molar-refractivity contribution in [2.45, 2.75) is 6.92 Å². The lowest BCUT2D eigenvalue weighted by molar-refractivity contribution is -0.113. The molecule has 0 radical (unpaired) electrons. The summed E-state index contributed by atoms with van der Waals surface area (Å²) in [6.45, 7) is 2.50. The van der Waals surface area contributed by atoms with Crippen LogP contribution in [0.15, 0.2) is 83.5 Å². The van der Waals surface area contributed by atoms with E-state index in [1.54, 1.807) is 42.5 Å². The van der Waals surface area contributed by atoms with Crippen LogP contribution in [0.1, 0.15) is 18.1 Å². The number of hydrogen-bond donors (Lipinski definition) is 0. The van der Waals surface area contributed by atoms with Crippen LogP contribution in [0, 0.1) is 5.82 Å². The fourth-order valence-corrected chi connectivity index (χ4v) is 3.25. The molecule has 4 nitrogen and oxygen atoms in total. The highest BCUT2D eigenvalue weighted by Crippen LogP contribution is 2.28. The quantitative estimate of drug-likeness (QED) is 0.496. The third kappa shape index (κ3) is 4.11. The maximum absolute atomic E-state index is 13.4.